The van der Waals surface area contributed by atoms with Gasteiger partial charge in [-0.2, -0.15) is 0 Å². The van der Waals surface area contributed by atoms with E-state index in [2.05, 4.69) is 6.92 Å². The molecule has 1 aliphatic carbocycles. The molecule has 0 aliphatic heterocycles. The molecule has 4 N–H and O–H groups in total. The first-order valence-electron chi connectivity index (χ1n) is 8.24. The number of carboxylic acids is 1. The Morgan fingerprint density at radius 2 is 1.77 bits per heavy atom. The Labute approximate surface area is 132 Å². The molecule has 0 aromatic heterocycles. The van der Waals surface area contributed by atoms with E-state index in [1.54, 1.807) is 13.8 Å². The lowest BCUT2D eigenvalue weighted by Crippen LogP contribution is -2.52. The molecule has 1 aliphatic rings. The van der Waals surface area contributed by atoms with Crippen LogP contribution in [0, 0.1) is 17.8 Å². The molecular weight excluding hydrogens is 284 g/mol. The maximum absolute atomic E-state index is 12.2. The van der Waals surface area contributed by atoms with Gasteiger partial charge in [-0.15, -0.1) is 0 Å². The van der Waals surface area contributed by atoms with Crippen LogP contribution in [0.4, 0.5) is 0 Å². The summed E-state index contributed by atoms with van der Waals surface area (Å²) in [5.41, 5.74) is 5.89. The lowest BCUT2D eigenvalue weighted by molar-refractivity contribution is -0.191. The number of aliphatic carboxylic acids is 1. The number of rotatable bonds is 8. The first-order valence-corrected chi connectivity index (χ1v) is 8.24. The molecule has 6 nitrogen and oxygen atoms in total. The third-order valence-corrected chi connectivity index (χ3v) is 4.56. The van der Waals surface area contributed by atoms with E-state index in [0.29, 0.717) is 17.4 Å². The minimum absolute atomic E-state index is 0.290. The Balaban J connectivity index is 2.53. The predicted octanol–water partition coefficient (Wildman–Crippen LogP) is 2.25. The molecule has 0 heterocycles. The molecule has 0 aromatic rings. The van der Waals surface area contributed by atoms with Crippen LogP contribution in [0.3, 0.4) is 0 Å². The summed E-state index contributed by atoms with van der Waals surface area (Å²) in [7, 11) is 0. The molecule has 22 heavy (non-hydrogen) atoms. The minimum Gasteiger partial charge on any atom is -0.480 e. The van der Waals surface area contributed by atoms with Crippen LogP contribution in [0.1, 0.15) is 59.3 Å². The monoisotopic (exact) mass is 314 g/mol. The zero-order valence-electron chi connectivity index (χ0n) is 13.9. The van der Waals surface area contributed by atoms with Gasteiger partial charge in [-0.1, -0.05) is 46.5 Å². The van der Waals surface area contributed by atoms with Gasteiger partial charge < -0.3 is 10.8 Å². The van der Waals surface area contributed by atoms with Crippen LogP contribution >= 0.6 is 0 Å². The van der Waals surface area contributed by atoms with Crippen LogP contribution in [-0.4, -0.2) is 39.3 Å². The third-order valence-electron chi connectivity index (χ3n) is 4.56. The van der Waals surface area contributed by atoms with Crippen molar-refractivity contribution in [3.05, 3.63) is 0 Å². The summed E-state index contributed by atoms with van der Waals surface area (Å²) < 4.78 is 0. The summed E-state index contributed by atoms with van der Waals surface area (Å²) in [6.45, 7) is 5.34. The number of hydroxylamine groups is 2. The number of amides is 1. The van der Waals surface area contributed by atoms with Gasteiger partial charge in [0.1, 0.15) is 0 Å². The molecule has 1 saturated carbocycles. The lowest BCUT2D eigenvalue weighted by Gasteiger charge is -2.28. The molecule has 0 radical (unpaired) electrons. The van der Waals surface area contributed by atoms with Gasteiger partial charge in [-0.3, -0.25) is 10.0 Å². The van der Waals surface area contributed by atoms with Crippen LogP contribution in [0.5, 0.6) is 0 Å². The van der Waals surface area contributed by atoms with E-state index >= 15 is 0 Å². The quantitative estimate of drug-likeness (QED) is 0.471. The van der Waals surface area contributed by atoms with Crippen LogP contribution in [-0.2, 0) is 9.59 Å². The Morgan fingerprint density at radius 3 is 2.23 bits per heavy atom. The van der Waals surface area contributed by atoms with Crippen LogP contribution in [0.15, 0.2) is 0 Å². The van der Waals surface area contributed by atoms with Crippen molar-refractivity contribution in [2.75, 3.05) is 0 Å². The van der Waals surface area contributed by atoms with Crippen molar-refractivity contribution in [1.82, 2.24) is 5.06 Å². The van der Waals surface area contributed by atoms with Gasteiger partial charge in [0.2, 0.25) is 0 Å². The molecule has 1 rings (SSSR count). The zero-order valence-corrected chi connectivity index (χ0v) is 13.9. The SMILES string of the molecule is CC(CC1CCCC1)C[C@H](N)C(=O)N(O)[C@H](C(=O)O)C(C)C. The second kappa shape index (κ2) is 8.48. The summed E-state index contributed by atoms with van der Waals surface area (Å²) in [6.07, 6.45) is 6.56. The number of nitrogens with two attached hydrogens (primary N) is 1. The van der Waals surface area contributed by atoms with Gasteiger partial charge in [0.15, 0.2) is 6.04 Å². The van der Waals surface area contributed by atoms with E-state index < -0.39 is 29.9 Å². The third kappa shape index (κ3) is 5.25. The minimum atomic E-state index is -1.26. The van der Waals surface area contributed by atoms with Crippen LogP contribution in [0.2, 0.25) is 0 Å². The molecule has 1 amide bonds. The van der Waals surface area contributed by atoms with Gasteiger partial charge in [0, 0.05) is 0 Å². The fraction of sp³-hybridized carbons (Fsp3) is 0.875. The Morgan fingerprint density at radius 1 is 1.23 bits per heavy atom. The fourth-order valence-electron chi connectivity index (χ4n) is 3.42. The van der Waals surface area contributed by atoms with E-state index in [-0.39, 0.29) is 5.92 Å². The fourth-order valence-corrected chi connectivity index (χ4v) is 3.42. The van der Waals surface area contributed by atoms with E-state index in [9.17, 15) is 14.8 Å². The highest BCUT2D eigenvalue weighted by atomic mass is 16.5. The highest BCUT2D eigenvalue weighted by molar-refractivity contribution is 5.85. The Kier molecular flexibility index (Phi) is 7.29. The van der Waals surface area contributed by atoms with Gasteiger partial charge in [0.05, 0.1) is 6.04 Å². The molecule has 0 spiro atoms. The Bertz CT molecular complexity index is 380. The van der Waals surface area contributed by atoms with E-state index in [1.165, 1.54) is 25.7 Å². The van der Waals surface area contributed by atoms with Crippen LogP contribution in [0.25, 0.3) is 0 Å². The largest absolute Gasteiger partial charge is 0.480 e. The topological polar surface area (TPSA) is 104 Å². The highest BCUT2D eigenvalue weighted by Crippen LogP contribution is 2.31. The number of nitrogens with zero attached hydrogens (tertiary/aromatic N) is 1. The molecule has 0 saturated heterocycles. The second-order valence-corrected chi connectivity index (χ2v) is 7.04. The lowest BCUT2D eigenvalue weighted by atomic mass is 9.90. The number of hydrogen-bond donors (Lipinski definition) is 3. The average Bonchev–Trinajstić information content (AvgIpc) is 2.89. The molecular formula is C16H30N2O4. The number of carbonyl (C=O) groups excluding carboxylic acids is 1. The molecule has 3 atom stereocenters. The summed E-state index contributed by atoms with van der Waals surface area (Å²) in [4.78, 5) is 23.3. The Hall–Kier alpha value is -1.14. The van der Waals surface area contributed by atoms with E-state index in [4.69, 9.17) is 10.8 Å². The predicted molar refractivity (Wildman–Crippen MR) is 83.2 cm³/mol. The van der Waals surface area contributed by atoms with Crippen molar-refractivity contribution in [3.8, 4) is 0 Å². The summed E-state index contributed by atoms with van der Waals surface area (Å²) in [6, 6.07) is -2.12. The van der Waals surface area contributed by atoms with Crippen LogP contribution < -0.4 is 5.73 Å². The maximum Gasteiger partial charge on any atom is 0.329 e. The molecule has 6 heteroatoms. The number of hydrogen-bond acceptors (Lipinski definition) is 4. The normalized spacial score (nSPS) is 19.9. The number of carbonyl (C=O) groups is 2. The summed E-state index contributed by atoms with van der Waals surface area (Å²) in [5.74, 6) is -1.33. The van der Waals surface area contributed by atoms with Gasteiger partial charge in [-0.25, -0.2) is 9.86 Å². The van der Waals surface area contributed by atoms with Crippen molar-refractivity contribution in [2.24, 2.45) is 23.5 Å². The van der Waals surface area contributed by atoms with Gasteiger partial charge in [-0.05, 0) is 30.6 Å². The van der Waals surface area contributed by atoms with Crippen molar-refractivity contribution >= 4 is 11.9 Å². The van der Waals surface area contributed by atoms with Crippen molar-refractivity contribution < 1.29 is 19.9 Å². The maximum atomic E-state index is 12.2. The zero-order chi connectivity index (χ0) is 16.9. The molecule has 1 fully saturated rings. The van der Waals surface area contributed by atoms with Crippen molar-refractivity contribution in [3.63, 3.8) is 0 Å². The van der Waals surface area contributed by atoms with E-state index in [1.807, 2.05) is 0 Å². The second-order valence-electron chi connectivity index (χ2n) is 7.04. The standard InChI is InChI=1S/C16H30N2O4/c1-10(2)14(16(20)21)18(22)15(19)13(17)9-11(3)8-12-6-4-5-7-12/h10-14,22H,4-9,17H2,1-3H3,(H,20,21)/t11?,13-,14-/m0/s1. The summed E-state index contributed by atoms with van der Waals surface area (Å²) >= 11 is 0. The van der Waals surface area contributed by atoms with Gasteiger partial charge >= 0.3 is 5.97 Å². The summed E-state index contributed by atoms with van der Waals surface area (Å²) in [5, 5.41) is 19.3. The first-order chi connectivity index (χ1) is 10.2. The molecule has 128 valence electrons. The smallest absolute Gasteiger partial charge is 0.329 e. The molecule has 0 aromatic carbocycles. The highest BCUT2D eigenvalue weighted by Gasteiger charge is 2.34. The first kappa shape index (κ1) is 18.9. The van der Waals surface area contributed by atoms with Crippen molar-refractivity contribution in [2.45, 2.75) is 71.4 Å². The molecule has 0 bridgehead atoms. The van der Waals surface area contributed by atoms with Gasteiger partial charge in [0.25, 0.3) is 5.91 Å². The molecule has 1 unspecified atom stereocenters. The van der Waals surface area contributed by atoms with E-state index in [0.717, 1.165) is 6.42 Å². The average molecular weight is 314 g/mol. The number of carboxylic acid groups (broad SMARTS) is 1. The van der Waals surface area contributed by atoms with Crippen molar-refractivity contribution in [1.29, 1.82) is 0 Å².